The standard InChI is InChI=1S/C16H34N4/c1-13-9-8-10-16(11-13,20(6)7)12-18-14(17-5)19-15(2,3)4/h13H,8-12H2,1-7H3,(H2,17,18,19). The molecule has 0 heterocycles. The van der Waals surface area contributed by atoms with Crippen molar-refractivity contribution >= 4 is 5.96 Å². The summed E-state index contributed by atoms with van der Waals surface area (Å²) in [6, 6.07) is 0. The molecule has 0 saturated heterocycles. The van der Waals surface area contributed by atoms with E-state index >= 15 is 0 Å². The van der Waals surface area contributed by atoms with E-state index in [0.29, 0.717) is 0 Å². The molecule has 0 spiro atoms. The Balaban J connectivity index is 2.67. The van der Waals surface area contributed by atoms with E-state index in [0.717, 1.165) is 18.4 Å². The SMILES string of the molecule is CN=C(NCC1(N(C)C)CCCC(C)C1)NC(C)(C)C. The molecule has 20 heavy (non-hydrogen) atoms. The van der Waals surface area contributed by atoms with Crippen LogP contribution in [0.1, 0.15) is 53.4 Å². The second-order valence-electron chi connectivity index (χ2n) is 7.62. The summed E-state index contributed by atoms with van der Waals surface area (Å²) in [6.07, 6.45) is 5.22. The van der Waals surface area contributed by atoms with E-state index in [1.807, 2.05) is 7.05 Å². The Morgan fingerprint density at radius 3 is 2.45 bits per heavy atom. The molecule has 0 aromatic carbocycles. The van der Waals surface area contributed by atoms with E-state index in [-0.39, 0.29) is 11.1 Å². The van der Waals surface area contributed by atoms with Crippen LogP contribution in [0.15, 0.2) is 4.99 Å². The van der Waals surface area contributed by atoms with Gasteiger partial charge in [0.25, 0.3) is 0 Å². The van der Waals surface area contributed by atoms with E-state index in [9.17, 15) is 0 Å². The van der Waals surface area contributed by atoms with E-state index in [4.69, 9.17) is 0 Å². The topological polar surface area (TPSA) is 39.7 Å². The Bertz CT molecular complexity index is 330. The number of likely N-dealkylation sites (N-methyl/N-ethyl adjacent to an activating group) is 1. The van der Waals surface area contributed by atoms with Crippen molar-refractivity contribution in [2.75, 3.05) is 27.7 Å². The van der Waals surface area contributed by atoms with Gasteiger partial charge < -0.3 is 15.5 Å². The molecule has 1 aliphatic carbocycles. The summed E-state index contributed by atoms with van der Waals surface area (Å²) in [4.78, 5) is 6.75. The van der Waals surface area contributed by atoms with Gasteiger partial charge in [-0.25, -0.2) is 0 Å². The van der Waals surface area contributed by atoms with Crippen LogP contribution in [0, 0.1) is 5.92 Å². The predicted octanol–water partition coefficient (Wildman–Crippen LogP) is 2.46. The molecule has 0 aromatic heterocycles. The van der Waals surface area contributed by atoms with Gasteiger partial charge in [-0.15, -0.1) is 0 Å². The van der Waals surface area contributed by atoms with Crippen LogP contribution in [0.5, 0.6) is 0 Å². The minimum Gasteiger partial charge on any atom is -0.355 e. The maximum Gasteiger partial charge on any atom is 0.191 e. The highest BCUT2D eigenvalue weighted by Crippen LogP contribution is 2.35. The summed E-state index contributed by atoms with van der Waals surface area (Å²) in [5, 5.41) is 6.97. The highest BCUT2D eigenvalue weighted by molar-refractivity contribution is 5.80. The van der Waals surface area contributed by atoms with Gasteiger partial charge in [0.2, 0.25) is 0 Å². The molecule has 2 N–H and O–H groups in total. The van der Waals surface area contributed by atoms with Crippen molar-refractivity contribution in [3.05, 3.63) is 0 Å². The fourth-order valence-electron chi connectivity index (χ4n) is 3.14. The van der Waals surface area contributed by atoms with Gasteiger partial charge in [0.15, 0.2) is 5.96 Å². The molecule has 4 heteroatoms. The summed E-state index contributed by atoms with van der Waals surface area (Å²) < 4.78 is 0. The van der Waals surface area contributed by atoms with Gasteiger partial charge in [-0.1, -0.05) is 19.8 Å². The van der Waals surface area contributed by atoms with Gasteiger partial charge in [-0.2, -0.15) is 0 Å². The van der Waals surface area contributed by atoms with Gasteiger partial charge in [0.05, 0.1) is 0 Å². The van der Waals surface area contributed by atoms with Crippen LogP contribution in [0.2, 0.25) is 0 Å². The molecule has 1 fully saturated rings. The van der Waals surface area contributed by atoms with E-state index in [1.54, 1.807) is 0 Å². The summed E-state index contributed by atoms with van der Waals surface area (Å²) in [5.41, 5.74) is 0.292. The molecular weight excluding hydrogens is 248 g/mol. The zero-order chi connectivity index (χ0) is 15.4. The van der Waals surface area contributed by atoms with Crippen molar-refractivity contribution in [2.45, 2.75) is 64.5 Å². The van der Waals surface area contributed by atoms with Crippen LogP contribution in [-0.2, 0) is 0 Å². The minimum absolute atomic E-state index is 0.0347. The van der Waals surface area contributed by atoms with Gasteiger partial charge in [0, 0.05) is 24.7 Å². The molecule has 118 valence electrons. The Morgan fingerprint density at radius 1 is 1.35 bits per heavy atom. The van der Waals surface area contributed by atoms with Crippen molar-refractivity contribution in [3.63, 3.8) is 0 Å². The van der Waals surface area contributed by atoms with Crippen molar-refractivity contribution < 1.29 is 0 Å². The van der Waals surface area contributed by atoms with Crippen LogP contribution in [0.25, 0.3) is 0 Å². The number of nitrogens with zero attached hydrogens (tertiary/aromatic N) is 2. The molecule has 4 nitrogen and oxygen atoms in total. The van der Waals surface area contributed by atoms with Gasteiger partial charge >= 0.3 is 0 Å². The Kier molecular flexibility index (Phi) is 5.87. The first kappa shape index (κ1) is 17.3. The third-order valence-corrected chi connectivity index (χ3v) is 4.32. The van der Waals surface area contributed by atoms with Crippen LogP contribution < -0.4 is 10.6 Å². The van der Waals surface area contributed by atoms with Crippen LogP contribution in [0.4, 0.5) is 0 Å². The highest BCUT2D eigenvalue weighted by atomic mass is 15.2. The summed E-state index contributed by atoms with van der Waals surface area (Å²) in [5.74, 6) is 1.71. The molecule has 0 amide bonds. The average molecular weight is 282 g/mol. The molecule has 1 aliphatic rings. The molecule has 1 rings (SSSR count). The van der Waals surface area contributed by atoms with Crippen molar-refractivity contribution in [1.82, 2.24) is 15.5 Å². The third-order valence-electron chi connectivity index (χ3n) is 4.32. The lowest BCUT2D eigenvalue weighted by molar-refractivity contribution is 0.0794. The van der Waals surface area contributed by atoms with Crippen LogP contribution in [0.3, 0.4) is 0 Å². The second-order valence-corrected chi connectivity index (χ2v) is 7.62. The molecule has 2 atom stereocenters. The maximum atomic E-state index is 4.34. The fourth-order valence-corrected chi connectivity index (χ4v) is 3.14. The number of aliphatic imine (C=N–C) groups is 1. The van der Waals surface area contributed by atoms with Crippen molar-refractivity contribution in [2.24, 2.45) is 10.9 Å². The van der Waals surface area contributed by atoms with Gasteiger partial charge in [0.1, 0.15) is 0 Å². The average Bonchev–Trinajstić information content (AvgIpc) is 2.33. The Hall–Kier alpha value is -0.770. The first-order chi connectivity index (χ1) is 9.18. The summed E-state index contributed by atoms with van der Waals surface area (Å²) in [6.45, 7) is 9.80. The van der Waals surface area contributed by atoms with Gasteiger partial charge in [-0.3, -0.25) is 4.99 Å². The highest BCUT2D eigenvalue weighted by Gasteiger charge is 2.37. The van der Waals surface area contributed by atoms with Crippen LogP contribution >= 0.6 is 0 Å². The smallest absolute Gasteiger partial charge is 0.191 e. The molecule has 0 bridgehead atoms. The monoisotopic (exact) mass is 282 g/mol. The molecule has 1 saturated carbocycles. The quantitative estimate of drug-likeness (QED) is 0.617. The number of guanidine groups is 1. The second kappa shape index (κ2) is 6.79. The maximum absolute atomic E-state index is 4.34. The lowest BCUT2D eigenvalue weighted by Crippen LogP contribution is -2.58. The van der Waals surface area contributed by atoms with Crippen molar-refractivity contribution in [1.29, 1.82) is 0 Å². The molecule has 0 aliphatic heterocycles. The summed E-state index contributed by atoms with van der Waals surface area (Å²) >= 11 is 0. The third kappa shape index (κ3) is 4.97. The zero-order valence-corrected chi connectivity index (χ0v) is 14.5. The first-order valence-electron chi connectivity index (χ1n) is 7.85. The van der Waals surface area contributed by atoms with E-state index in [2.05, 4.69) is 62.3 Å². The number of hydrogen-bond donors (Lipinski definition) is 2. The Labute approximate surface area is 125 Å². The number of nitrogens with one attached hydrogen (secondary N) is 2. The van der Waals surface area contributed by atoms with E-state index < -0.39 is 0 Å². The van der Waals surface area contributed by atoms with Gasteiger partial charge in [-0.05, 0) is 53.6 Å². The first-order valence-corrected chi connectivity index (χ1v) is 7.85. The summed E-state index contributed by atoms with van der Waals surface area (Å²) in [7, 11) is 6.26. The minimum atomic E-state index is 0.0347. The zero-order valence-electron chi connectivity index (χ0n) is 14.5. The van der Waals surface area contributed by atoms with Crippen LogP contribution in [-0.4, -0.2) is 49.6 Å². The molecule has 2 unspecified atom stereocenters. The molecule has 0 radical (unpaired) electrons. The normalized spacial score (nSPS) is 28.6. The van der Waals surface area contributed by atoms with Crippen molar-refractivity contribution in [3.8, 4) is 0 Å². The fraction of sp³-hybridized carbons (Fsp3) is 0.938. The molecule has 0 aromatic rings. The largest absolute Gasteiger partial charge is 0.355 e. The predicted molar refractivity (Wildman–Crippen MR) is 88.3 cm³/mol. The lowest BCUT2D eigenvalue weighted by atomic mass is 9.75. The number of hydrogen-bond acceptors (Lipinski definition) is 2. The lowest BCUT2D eigenvalue weighted by Gasteiger charge is -2.45. The molecular formula is C16H34N4. The Morgan fingerprint density at radius 2 is 2.00 bits per heavy atom. The van der Waals surface area contributed by atoms with E-state index in [1.165, 1.54) is 25.7 Å². The number of rotatable bonds is 3.